The molecule has 0 aromatic heterocycles. The second kappa shape index (κ2) is 5.90. The average molecular weight is 253 g/mol. The van der Waals surface area contributed by atoms with Crippen LogP contribution in [0.1, 0.15) is 41.5 Å². The Bertz CT molecular complexity index is 358. The first-order valence-corrected chi connectivity index (χ1v) is 6.01. The van der Waals surface area contributed by atoms with Crippen LogP contribution >= 0.6 is 0 Å². The van der Waals surface area contributed by atoms with Crippen LogP contribution in [0.2, 0.25) is 0 Å². The minimum absolute atomic E-state index is 0.247. The van der Waals surface area contributed by atoms with E-state index in [1.807, 2.05) is 20.8 Å². The maximum absolute atomic E-state index is 12.2. The Morgan fingerprint density at radius 3 is 2.11 bits per heavy atom. The highest BCUT2D eigenvalue weighted by Crippen LogP contribution is 2.28. The van der Waals surface area contributed by atoms with Crippen molar-refractivity contribution in [1.82, 2.24) is 5.32 Å². The molecule has 0 rings (SSSR count). The van der Waals surface area contributed by atoms with Gasteiger partial charge in [0.1, 0.15) is 5.92 Å². The highest BCUT2D eigenvalue weighted by atomic mass is 16.5. The Hall–Kier alpha value is -1.50. The Labute approximate surface area is 109 Å². The van der Waals surface area contributed by atoms with Gasteiger partial charge in [0.25, 0.3) is 0 Å². The van der Waals surface area contributed by atoms with Crippen LogP contribution in [0.15, 0.2) is 0 Å². The summed E-state index contributed by atoms with van der Waals surface area (Å²) in [6.45, 7) is 10.8. The third-order valence-electron chi connectivity index (χ3n) is 2.45. The number of hydrogen-bond donors (Lipinski definition) is 1. The number of nitrogens with one attached hydrogen (secondary N) is 1. The Kier molecular flexibility index (Phi) is 5.41. The van der Waals surface area contributed by atoms with Crippen molar-refractivity contribution < 1.29 is 14.3 Å². The summed E-state index contributed by atoms with van der Waals surface area (Å²) in [4.78, 5) is 24.0. The zero-order valence-electron chi connectivity index (χ0n) is 12.1. The van der Waals surface area contributed by atoms with Gasteiger partial charge >= 0.3 is 5.97 Å². The number of esters is 1. The number of terminal acetylenes is 1. The third-order valence-corrected chi connectivity index (χ3v) is 2.45. The molecule has 0 bridgehead atoms. The van der Waals surface area contributed by atoms with Crippen molar-refractivity contribution in [2.75, 3.05) is 6.61 Å². The lowest BCUT2D eigenvalue weighted by atomic mass is 9.79. The zero-order chi connectivity index (χ0) is 14.6. The van der Waals surface area contributed by atoms with Gasteiger partial charge in [0.15, 0.2) is 0 Å². The van der Waals surface area contributed by atoms with E-state index >= 15 is 0 Å². The first-order chi connectivity index (χ1) is 8.05. The van der Waals surface area contributed by atoms with E-state index in [1.54, 1.807) is 20.8 Å². The van der Waals surface area contributed by atoms with E-state index in [0.717, 1.165) is 0 Å². The summed E-state index contributed by atoms with van der Waals surface area (Å²) >= 11 is 0. The van der Waals surface area contributed by atoms with E-state index in [0.29, 0.717) is 0 Å². The lowest BCUT2D eigenvalue weighted by Gasteiger charge is -2.30. The minimum atomic E-state index is -0.870. The Morgan fingerprint density at radius 1 is 1.28 bits per heavy atom. The van der Waals surface area contributed by atoms with Crippen LogP contribution in [0.5, 0.6) is 0 Å². The summed E-state index contributed by atoms with van der Waals surface area (Å²) in [7, 11) is 0. The van der Waals surface area contributed by atoms with Crippen LogP contribution in [0.3, 0.4) is 0 Å². The molecule has 0 aliphatic rings. The van der Waals surface area contributed by atoms with E-state index in [1.165, 1.54) is 0 Å². The molecule has 4 nitrogen and oxygen atoms in total. The molecule has 1 unspecified atom stereocenters. The van der Waals surface area contributed by atoms with Crippen molar-refractivity contribution in [2.45, 2.75) is 47.1 Å². The summed E-state index contributed by atoms with van der Waals surface area (Å²) in [6.07, 6.45) is 5.32. The Balaban J connectivity index is 5.07. The predicted octanol–water partition coefficient (Wildman–Crippen LogP) is 1.74. The summed E-state index contributed by atoms with van der Waals surface area (Å²) < 4.78 is 4.95. The molecule has 18 heavy (non-hydrogen) atoms. The number of rotatable bonds is 4. The zero-order valence-corrected chi connectivity index (χ0v) is 12.1. The molecule has 0 aliphatic heterocycles. The van der Waals surface area contributed by atoms with E-state index in [-0.39, 0.29) is 6.61 Å². The molecule has 102 valence electrons. The molecule has 0 saturated carbocycles. The molecule has 0 heterocycles. The van der Waals surface area contributed by atoms with Crippen LogP contribution in [-0.4, -0.2) is 24.0 Å². The predicted molar refractivity (Wildman–Crippen MR) is 70.6 cm³/mol. The molecule has 0 spiro atoms. The molecule has 0 aromatic carbocycles. The summed E-state index contributed by atoms with van der Waals surface area (Å²) in [5.74, 6) is 0.678. The van der Waals surface area contributed by atoms with Crippen LogP contribution in [0.25, 0.3) is 0 Å². The van der Waals surface area contributed by atoms with E-state index < -0.39 is 28.7 Å². The summed E-state index contributed by atoms with van der Waals surface area (Å²) in [6, 6.07) is 0. The van der Waals surface area contributed by atoms with Gasteiger partial charge in [-0.05, 0) is 26.2 Å². The van der Waals surface area contributed by atoms with Crippen LogP contribution in [0, 0.1) is 23.7 Å². The lowest BCUT2D eigenvalue weighted by Crippen LogP contribution is -2.50. The van der Waals surface area contributed by atoms with Crippen molar-refractivity contribution in [3.05, 3.63) is 0 Å². The van der Waals surface area contributed by atoms with Crippen molar-refractivity contribution >= 4 is 11.9 Å². The number of amides is 1. The van der Waals surface area contributed by atoms with Gasteiger partial charge in [0.05, 0.1) is 12.1 Å². The van der Waals surface area contributed by atoms with Gasteiger partial charge in [0.2, 0.25) is 5.91 Å². The quantitative estimate of drug-likeness (QED) is 0.472. The van der Waals surface area contributed by atoms with Gasteiger partial charge in [-0.2, -0.15) is 0 Å². The molecule has 0 fully saturated rings. The number of hydrogen-bond acceptors (Lipinski definition) is 3. The van der Waals surface area contributed by atoms with Crippen molar-refractivity contribution in [2.24, 2.45) is 11.3 Å². The third kappa shape index (κ3) is 4.79. The lowest BCUT2D eigenvalue weighted by molar-refractivity contribution is -0.157. The monoisotopic (exact) mass is 253 g/mol. The molecule has 1 atom stereocenters. The minimum Gasteiger partial charge on any atom is -0.465 e. The summed E-state index contributed by atoms with van der Waals surface area (Å²) in [5.41, 5.74) is -1.31. The molecule has 0 aliphatic carbocycles. The van der Waals surface area contributed by atoms with E-state index in [2.05, 4.69) is 11.2 Å². The van der Waals surface area contributed by atoms with E-state index in [9.17, 15) is 9.59 Å². The van der Waals surface area contributed by atoms with Crippen LogP contribution in [-0.2, 0) is 14.3 Å². The normalized spacial score (nSPS) is 13.4. The van der Waals surface area contributed by atoms with Gasteiger partial charge in [-0.3, -0.25) is 9.59 Å². The first kappa shape index (κ1) is 16.5. The van der Waals surface area contributed by atoms with Gasteiger partial charge in [-0.25, -0.2) is 0 Å². The standard InChI is InChI=1S/C14H23NO3/c1-8-14(6,7)15-11(16)10(13(3,4)5)12(17)18-9-2/h1,10H,9H2,2-7H3,(H,15,16). The first-order valence-electron chi connectivity index (χ1n) is 6.01. The SMILES string of the molecule is C#CC(C)(C)NC(=O)C(C(=O)OCC)C(C)(C)C. The molecule has 0 saturated heterocycles. The van der Waals surface area contributed by atoms with Crippen molar-refractivity contribution in [3.63, 3.8) is 0 Å². The van der Waals surface area contributed by atoms with Gasteiger partial charge in [-0.1, -0.05) is 26.7 Å². The number of carbonyl (C=O) groups excluding carboxylic acids is 2. The maximum Gasteiger partial charge on any atom is 0.319 e. The summed E-state index contributed by atoms with van der Waals surface area (Å²) in [5, 5.41) is 2.68. The molecule has 4 heteroatoms. The van der Waals surface area contributed by atoms with E-state index in [4.69, 9.17) is 11.2 Å². The topological polar surface area (TPSA) is 55.4 Å². The number of carbonyl (C=O) groups is 2. The van der Waals surface area contributed by atoms with Gasteiger partial charge < -0.3 is 10.1 Å². The van der Waals surface area contributed by atoms with Crippen LogP contribution < -0.4 is 5.32 Å². The van der Waals surface area contributed by atoms with Gasteiger partial charge in [0, 0.05) is 0 Å². The molecule has 1 amide bonds. The second-order valence-corrected chi connectivity index (χ2v) is 5.81. The number of ether oxygens (including phenoxy) is 1. The highest BCUT2D eigenvalue weighted by Gasteiger charge is 2.40. The molecule has 1 N–H and O–H groups in total. The fourth-order valence-corrected chi connectivity index (χ4v) is 1.50. The fraction of sp³-hybridized carbons (Fsp3) is 0.714. The second-order valence-electron chi connectivity index (χ2n) is 5.81. The molecule has 0 radical (unpaired) electrons. The largest absolute Gasteiger partial charge is 0.465 e. The van der Waals surface area contributed by atoms with Crippen LogP contribution in [0.4, 0.5) is 0 Å². The van der Waals surface area contributed by atoms with Crippen molar-refractivity contribution in [1.29, 1.82) is 0 Å². The Morgan fingerprint density at radius 2 is 1.78 bits per heavy atom. The average Bonchev–Trinajstić information content (AvgIpc) is 2.14. The van der Waals surface area contributed by atoms with Crippen molar-refractivity contribution in [3.8, 4) is 12.3 Å². The fourth-order valence-electron chi connectivity index (χ4n) is 1.50. The molecular weight excluding hydrogens is 230 g/mol. The smallest absolute Gasteiger partial charge is 0.319 e. The highest BCUT2D eigenvalue weighted by molar-refractivity contribution is 5.99. The van der Waals surface area contributed by atoms with Gasteiger partial charge in [-0.15, -0.1) is 6.42 Å². The molecular formula is C14H23NO3. The maximum atomic E-state index is 12.2. The molecule has 0 aromatic rings.